The van der Waals surface area contributed by atoms with Gasteiger partial charge in [-0.2, -0.15) is 0 Å². The van der Waals surface area contributed by atoms with Crippen LogP contribution in [0.25, 0.3) is 0 Å². The Bertz CT molecular complexity index is 1310. The molecular weight excluding hydrogens is 463 g/mol. The molecule has 0 aliphatic heterocycles. The van der Waals surface area contributed by atoms with Gasteiger partial charge in [0.25, 0.3) is 21.8 Å². The lowest BCUT2D eigenvalue weighted by Crippen LogP contribution is -2.28. The van der Waals surface area contributed by atoms with E-state index in [1.54, 1.807) is 18.2 Å². The van der Waals surface area contributed by atoms with E-state index in [0.29, 0.717) is 0 Å². The van der Waals surface area contributed by atoms with E-state index in [9.17, 15) is 27.2 Å². The molecule has 3 amide bonds. The number of benzene rings is 3. The van der Waals surface area contributed by atoms with E-state index in [1.807, 2.05) is 0 Å². The van der Waals surface area contributed by atoms with Crippen LogP contribution in [-0.2, 0) is 14.8 Å². The minimum absolute atomic E-state index is 0.0163. The summed E-state index contributed by atoms with van der Waals surface area (Å²) in [5.74, 6) is -2.11. The Balaban J connectivity index is 1.68. The molecule has 0 atom stereocenters. The molecule has 9 nitrogen and oxygen atoms in total. The highest BCUT2D eigenvalue weighted by molar-refractivity contribution is 7.92. The minimum Gasteiger partial charge on any atom is -0.370 e. The zero-order valence-electron chi connectivity index (χ0n) is 17.7. The van der Waals surface area contributed by atoms with Gasteiger partial charge in [0.2, 0.25) is 5.91 Å². The number of nitrogens with one attached hydrogen (secondary N) is 3. The molecule has 34 heavy (non-hydrogen) atoms. The van der Waals surface area contributed by atoms with E-state index >= 15 is 0 Å². The lowest BCUT2D eigenvalue weighted by molar-refractivity contribution is -0.117. The average molecular weight is 485 g/mol. The number of amides is 3. The maximum atomic E-state index is 13.0. The van der Waals surface area contributed by atoms with Crippen LogP contribution in [0.3, 0.4) is 0 Å². The fourth-order valence-corrected chi connectivity index (χ4v) is 3.96. The molecule has 0 saturated carbocycles. The van der Waals surface area contributed by atoms with E-state index in [-0.39, 0.29) is 40.4 Å². The summed E-state index contributed by atoms with van der Waals surface area (Å²) < 4.78 is 40.2. The lowest BCUT2D eigenvalue weighted by Gasteiger charge is -2.12. The molecular formula is C23H21FN4O5S. The number of anilines is 2. The molecule has 176 valence electrons. The number of rotatable bonds is 9. The van der Waals surface area contributed by atoms with Crippen LogP contribution >= 0.6 is 0 Å². The zero-order chi connectivity index (χ0) is 24.7. The van der Waals surface area contributed by atoms with Gasteiger partial charge in [-0.3, -0.25) is 19.1 Å². The van der Waals surface area contributed by atoms with Gasteiger partial charge in [0, 0.05) is 24.2 Å². The van der Waals surface area contributed by atoms with E-state index in [4.69, 9.17) is 5.73 Å². The fraction of sp³-hybridized carbons (Fsp3) is 0.0870. The van der Waals surface area contributed by atoms with Gasteiger partial charge in [0.05, 0.1) is 16.1 Å². The molecule has 0 aliphatic rings. The molecule has 0 fully saturated rings. The number of carbonyl (C=O) groups excluding carboxylic acids is 3. The van der Waals surface area contributed by atoms with Crippen LogP contribution in [0.5, 0.6) is 0 Å². The Morgan fingerprint density at radius 1 is 0.853 bits per heavy atom. The molecule has 0 unspecified atom stereocenters. The van der Waals surface area contributed by atoms with Gasteiger partial charge in [-0.15, -0.1) is 0 Å². The van der Waals surface area contributed by atoms with Crippen LogP contribution in [0.15, 0.2) is 77.7 Å². The molecule has 0 aliphatic carbocycles. The second-order valence-electron chi connectivity index (χ2n) is 7.11. The lowest BCUT2D eigenvalue weighted by atomic mass is 10.1. The predicted molar refractivity (Wildman–Crippen MR) is 124 cm³/mol. The van der Waals surface area contributed by atoms with Gasteiger partial charge in [0.1, 0.15) is 5.82 Å². The number of sulfonamides is 1. The topological polar surface area (TPSA) is 147 Å². The number of para-hydroxylation sites is 1. The Kier molecular flexibility index (Phi) is 7.59. The van der Waals surface area contributed by atoms with Crippen LogP contribution in [0.4, 0.5) is 15.8 Å². The molecule has 0 heterocycles. The summed E-state index contributed by atoms with van der Waals surface area (Å²) in [6.07, 6.45) is -0.0163. The molecule has 0 radical (unpaired) electrons. The maximum absolute atomic E-state index is 13.0. The van der Waals surface area contributed by atoms with Crippen LogP contribution in [-0.4, -0.2) is 32.7 Å². The van der Waals surface area contributed by atoms with Crippen molar-refractivity contribution in [2.45, 2.75) is 11.3 Å². The number of hydrogen-bond donors (Lipinski definition) is 4. The largest absolute Gasteiger partial charge is 0.370 e. The second-order valence-corrected chi connectivity index (χ2v) is 8.79. The van der Waals surface area contributed by atoms with Crippen molar-refractivity contribution >= 4 is 39.1 Å². The molecule has 3 aromatic rings. The first-order valence-electron chi connectivity index (χ1n) is 10.0. The second kappa shape index (κ2) is 10.6. The van der Waals surface area contributed by atoms with E-state index in [2.05, 4.69) is 15.4 Å². The molecule has 0 bridgehead atoms. The Morgan fingerprint density at radius 3 is 2.15 bits per heavy atom. The smallest absolute Gasteiger partial charge is 0.261 e. The van der Waals surface area contributed by atoms with Gasteiger partial charge < -0.3 is 16.4 Å². The summed E-state index contributed by atoms with van der Waals surface area (Å²) in [7, 11) is -3.93. The third kappa shape index (κ3) is 6.39. The molecule has 3 rings (SSSR count). The summed E-state index contributed by atoms with van der Waals surface area (Å²) in [6, 6.07) is 16.3. The van der Waals surface area contributed by atoms with Crippen molar-refractivity contribution in [3.8, 4) is 0 Å². The Morgan fingerprint density at radius 2 is 1.50 bits per heavy atom. The average Bonchev–Trinajstić information content (AvgIpc) is 2.79. The van der Waals surface area contributed by atoms with E-state index in [1.165, 1.54) is 30.3 Å². The van der Waals surface area contributed by atoms with Crippen LogP contribution in [0.1, 0.15) is 27.1 Å². The highest BCUT2D eigenvalue weighted by Crippen LogP contribution is 2.19. The molecule has 5 N–H and O–H groups in total. The number of hydrogen-bond acceptors (Lipinski definition) is 5. The summed E-state index contributed by atoms with van der Waals surface area (Å²) in [6.45, 7) is 0.0612. The van der Waals surface area contributed by atoms with Crippen molar-refractivity contribution in [3.05, 3.63) is 89.7 Å². The van der Waals surface area contributed by atoms with Crippen molar-refractivity contribution in [2.75, 3.05) is 16.6 Å². The summed E-state index contributed by atoms with van der Waals surface area (Å²) in [5.41, 5.74) is 5.93. The number of primary amides is 1. The van der Waals surface area contributed by atoms with Crippen LogP contribution in [0.2, 0.25) is 0 Å². The first kappa shape index (κ1) is 24.4. The van der Waals surface area contributed by atoms with Gasteiger partial charge in [-0.1, -0.05) is 12.1 Å². The molecule has 0 spiro atoms. The SMILES string of the molecule is NC(=O)CCNC(=O)c1ccccc1NC(=O)c1ccc(NS(=O)(=O)c2ccc(F)cc2)cc1. The molecule has 3 aromatic carbocycles. The third-order valence-corrected chi connectivity index (χ3v) is 6.00. The van der Waals surface area contributed by atoms with Crippen LogP contribution < -0.4 is 21.1 Å². The Labute approximate surface area is 195 Å². The molecule has 0 aromatic heterocycles. The zero-order valence-corrected chi connectivity index (χ0v) is 18.6. The monoisotopic (exact) mass is 484 g/mol. The van der Waals surface area contributed by atoms with E-state index < -0.39 is 33.6 Å². The molecule has 11 heteroatoms. The standard InChI is InChI=1S/C23H21FN4O5S/c24-16-7-11-18(12-8-16)34(32,33)28-17-9-5-15(6-10-17)22(30)27-20-4-2-1-3-19(20)23(31)26-14-13-21(25)29/h1-12,28H,13-14H2,(H2,25,29)(H,26,31)(H,27,30). The third-order valence-electron chi connectivity index (χ3n) is 4.60. The highest BCUT2D eigenvalue weighted by Gasteiger charge is 2.16. The maximum Gasteiger partial charge on any atom is 0.261 e. The normalized spacial score (nSPS) is 10.9. The Hall–Kier alpha value is -4.25. The van der Waals surface area contributed by atoms with Gasteiger partial charge in [0.15, 0.2) is 0 Å². The van der Waals surface area contributed by atoms with Gasteiger partial charge in [-0.25, -0.2) is 12.8 Å². The predicted octanol–water partition coefficient (Wildman–Crippen LogP) is 2.48. The van der Waals surface area contributed by atoms with Crippen molar-refractivity contribution in [1.82, 2.24) is 5.32 Å². The minimum atomic E-state index is -3.93. The van der Waals surface area contributed by atoms with Crippen molar-refractivity contribution < 1.29 is 27.2 Å². The van der Waals surface area contributed by atoms with E-state index in [0.717, 1.165) is 24.3 Å². The summed E-state index contributed by atoms with van der Waals surface area (Å²) >= 11 is 0. The van der Waals surface area contributed by atoms with Crippen molar-refractivity contribution in [2.24, 2.45) is 5.73 Å². The fourth-order valence-electron chi connectivity index (χ4n) is 2.90. The van der Waals surface area contributed by atoms with Crippen molar-refractivity contribution in [3.63, 3.8) is 0 Å². The summed E-state index contributed by atoms with van der Waals surface area (Å²) in [4.78, 5) is 35.8. The quantitative estimate of drug-likeness (QED) is 0.368. The number of nitrogens with two attached hydrogens (primary N) is 1. The molecule has 0 saturated heterocycles. The van der Waals surface area contributed by atoms with Gasteiger partial charge in [-0.05, 0) is 60.7 Å². The summed E-state index contributed by atoms with van der Waals surface area (Å²) in [5, 5.41) is 5.19. The number of carbonyl (C=O) groups is 3. The van der Waals surface area contributed by atoms with Crippen molar-refractivity contribution in [1.29, 1.82) is 0 Å². The number of halogens is 1. The first-order valence-corrected chi connectivity index (χ1v) is 11.5. The first-order chi connectivity index (χ1) is 16.2. The van der Waals surface area contributed by atoms with Crippen LogP contribution in [0, 0.1) is 5.82 Å². The van der Waals surface area contributed by atoms with Gasteiger partial charge >= 0.3 is 0 Å². The highest BCUT2D eigenvalue weighted by atomic mass is 32.2.